The molecule has 0 saturated carbocycles. The number of piperazine rings is 1. The van der Waals surface area contributed by atoms with E-state index in [4.69, 9.17) is 10.5 Å². The predicted octanol–water partition coefficient (Wildman–Crippen LogP) is 3.62. The minimum absolute atomic E-state index is 0.0543. The number of pyridine rings is 1. The molecule has 0 aliphatic carbocycles. The fourth-order valence-corrected chi connectivity index (χ4v) is 4.68. The van der Waals surface area contributed by atoms with Crippen LogP contribution in [0.2, 0.25) is 0 Å². The molecule has 0 spiro atoms. The first-order chi connectivity index (χ1) is 16.9. The number of ether oxygens (including phenoxy) is 1. The van der Waals surface area contributed by atoms with Gasteiger partial charge in [0.2, 0.25) is 0 Å². The van der Waals surface area contributed by atoms with Gasteiger partial charge in [0.15, 0.2) is 11.6 Å². The number of aryl methyl sites for hydroxylation is 1. The summed E-state index contributed by atoms with van der Waals surface area (Å²) in [6.45, 7) is 5.89. The summed E-state index contributed by atoms with van der Waals surface area (Å²) >= 11 is 0. The van der Waals surface area contributed by atoms with Crippen molar-refractivity contribution in [2.75, 3.05) is 18.8 Å². The van der Waals surface area contributed by atoms with Crippen molar-refractivity contribution in [2.24, 2.45) is 7.05 Å². The van der Waals surface area contributed by atoms with Gasteiger partial charge in [0.05, 0.1) is 11.0 Å². The largest absolute Gasteiger partial charge is 0.482 e. The van der Waals surface area contributed by atoms with Crippen LogP contribution in [0.5, 0.6) is 5.75 Å². The summed E-state index contributed by atoms with van der Waals surface area (Å²) in [7, 11) is 1.97. The van der Waals surface area contributed by atoms with Crippen LogP contribution in [0.1, 0.15) is 30.0 Å². The number of imidazole rings is 1. The molecule has 1 saturated heterocycles. The number of para-hydroxylation sites is 2. The van der Waals surface area contributed by atoms with Gasteiger partial charge in [-0.3, -0.25) is 4.79 Å². The first-order valence-corrected chi connectivity index (χ1v) is 11.8. The third kappa shape index (κ3) is 4.70. The minimum Gasteiger partial charge on any atom is -0.482 e. The number of amides is 1. The van der Waals surface area contributed by atoms with Crippen LogP contribution < -0.4 is 15.8 Å². The second kappa shape index (κ2) is 9.38. The van der Waals surface area contributed by atoms with E-state index < -0.39 is 0 Å². The summed E-state index contributed by atoms with van der Waals surface area (Å²) in [5.74, 6) is 1.67. The molecular weight excluding hydrogens is 440 g/mol. The van der Waals surface area contributed by atoms with E-state index in [0.29, 0.717) is 30.2 Å². The van der Waals surface area contributed by atoms with Crippen molar-refractivity contribution in [1.82, 2.24) is 24.8 Å². The van der Waals surface area contributed by atoms with Gasteiger partial charge in [-0.05, 0) is 49.7 Å². The Morgan fingerprint density at radius 2 is 1.80 bits per heavy atom. The Balaban J connectivity index is 1.31. The van der Waals surface area contributed by atoms with Gasteiger partial charge in [0.25, 0.3) is 5.91 Å². The molecule has 35 heavy (non-hydrogen) atoms. The molecule has 3 N–H and O–H groups in total. The quantitative estimate of drug-likeness (QED) is 0.462. The molecule has 2 aromatic carbocycles. The number of nitrogens with two attached hydrogens (primary N) is 1. The summed E-state index contributed by atoms with van der Waals surface area (Å²) in [6.07, 6.45) is 1.72. The van der Waals surface area contributed by atoms with Crippen molar-refractivity contribution < 1.29 is 9.53 Å². The molecule has 180 valence electrons. The third-order valence-corrected chi connectivity index (χ3v) is 6.43. The van der Waals surface area contributed by atoms with Crippen LogP contribution in [0, 0.1) is 0 Å². The molecule has 8 heteroatoms. The van der Waals surface area contributed by atoms with Gasteiger partial charge in [-0.1, -0.05) is 24.3 Å². The number of fused-ring (bicyclic) bond motifs is 1. The summed E-state index contributed by atoms with van der Waals surface area (Å²) in [4.78, 5) is 23.9. The van der Waals surface area contributed by atoms with E-state index in [-0.39, 0.29) is 24.6 Å². The Hall–Kier alpha value is -3.91. The highest BCUT2D eigenvalue weighted by molar-refractivity contribution is 5.95. The lowest BCUT2D eigenvalue weighted by Gasteiger charge is -2.36. The Kier molecular flexibility index (Phi) is 6.13. The van der Waals surface area contributed by atoms with Gasteiger partial charge >= 0.3 is 0 Å². The topological polar surface area (TPSA) is 98.3 Å². The number of rotatable bonds is 5. The van der Waals surface area contributed by atoms with Crippen LogP contribution in [0.4, 0.5) is 5.82 Å². The fourth-order valence-electron chi connectivity index (χ4n) is 4.68. The number of carbonyl (C=O) groups excluding carboxylic acids is 1. The van der Waals surface area contributed by atoms with E-state index in [1.165, 1.54) is 0 Å². The van der Waals surface area contributed by atoms with Crippen LogP contribution >= 0.6 is 0 Å². The highest BCUT2D eigenvalue weighted by atomic mass is 16.5. The van der Waals surface area contributed by atoms with Crippen molar-refractivity contribution in [2.45, 2.75) is 32.5 Å². The highest BCUT2D eigenvalue weighted by Crippen LogP contribution is 2.28. The average Bonchev–Trinajstić information content (AvgIpc) is 3.18. The van der Waals surface area contributed by atoms with Gasteiger partial charge in [-0.2, -0.15) is 0 Å². The van der Waals surface area contributed by atoms with E-state index in [9.17, 15) is 4.79 Å². The van der Waals surface area contributed by atoms with E-state index in [0.717, 1.165) is 28.0 Å². The fraction of sp³-hybridized carbons (Fsp3) is 0.296. The lowest BCUT2D eigenvalue weighted by molar-refractivity contribution is 0.0674. The van der Waals surface area contributed by atoms with Gasteiger partial charge in [-0.15, -0.1) is 0 Å². The Morgan fingerprint density at radius 1 is 1.09 bits per heavy atom. The summed E-state index contributed by atoms with van der Waals surface area (Å²) in [6, 6.07) is 18.0. The Bertz CT molecular complexity index is 1350. The normalized spacial score (nSPS) is 18.1. The van der Waals surface area contributed by atoms with E-state index in [1.54, 1.807) is 6.20 Å². The number of benzene rings is 2. The highest BCUT2D eigenvalue weighted by Gasteiger charge is 2.25. The molecule has 1 fully saturated rings. The number of aromatic nitrogens is 3. The molecule has 1 aliphatic rings. The van der Waals surface area contributed by atoms with Crippen LogP contribution in [-0.4, -0.2) is 50.5 Å². The number of anilines is 1. The molecule has 4 aromatic rings. The Labute approximate surface area is 204 Å². The van der Waals surface area contributed by atoms with Crippen molar-refractivity contribution >= 4 is 22.8 Å². The smallest absolute Gasteiger partial charge is 0.253 e. The Morgan fingerprint density at radius 3 is 2.51 bits per heavy atom. The van der Waals surface area contributed by atoms with Gasteiger partial charge in [0, 0.05) is 49.5 Å². The molecule has 3 heterocycles. The molecule has 0 radical (unpaired) electrons. The zero-order chi connectivity index (χ0) is 24.5. The second-order valence-corrected chi connectivity index (χ2v) is 9.23. The maximum Gasteiger partial charge on any atom is 0.253 e. The van der Waals surface area contributed by atoms with Crippen LogP contribution in [0.3, 0.4) is 0 Å². The average molecular weight is 471 g/mol. The van der Waals surface area contributed by atoms with Gasteiger partial charge in [-0.25, -0.2) is 9.97 Å². The SMILES string of the molecule is CC1CN(C(=O)c2ccc(-c3cnc(N)c(OCc4nc5ccccc5n4C)c3)cc2)CC(C)N1. The predicted molar refractivity (Wildman–Crippen MR) is 137 cm³/mol. The second-order valence-electron chi connectivity index (χ2n) is 9.23. The molecule has 1 aliphatic heterocycles. The maximum atomic E-state index is 13.0. The lowest BCUT2D eigenvalue weighted by atomic mass is 10.0. The number of hydrogen-bond acceptors (Lipinski definition) is 6. The monoisotopic (exact) mass is 470 g/mol. The molecule has 0 bridgehead atoms. The van der Waals surface area contributed by atoms with Gasteiger partial charge < -0.3 is 25.3 Å². The number of nitrogens with one attached hydrogen (secondary N) is 1. The molecule has 8 nitrogen and oxygen atoms in total. The van der Waals surface area contributed by atoms with Gasteiger partial charge in [0.1, 0.15) is 12.4 Å². The standard InChI is InChI=1S/C27H30N6O2/c1-17-14-33(15-18(2)30-17)27(34)20-10-8-19(9-11-20)21-12-24(26(28)29-13-21)35-16-25-31-22-6-4-5-7-23(22)32(25)3/h4-13,17-18,30H,14-16H2,1-3H3,(H2,28,29). The van der Waals surface area contributed by atoms with Crippen LogP contribution in [0.25, 0.3) is 22.2 Å². The maximum absolute atomic E-state index is 13.0. The van der Waals surface area contributed by atoms with Crippen molar-refractivity contribution in [3.05, 3.63) is 72.2 Å². The number of carbonyl (C=O) groups is 1. The number of nitrogen functional groups attached to an aromatic ring is 1. The summed E-state index contributed by atoms with van der Waals surface area (Å²) < 4.78 is 8.03. The van der Waals surface area contributed by atoms with E-state index in [1.807, 2.05) is 71.1 Å². The summed E-state index contributed by atoms with van der Waals surface area (Å²) in [5.41, 5.74) is 10.5. The van der Waals surface area contributed by atoms with Crippen molar-refractivity contribution in [3.8, 4) is 16.9 Å². The lowest BCUT2D eigenvalue weighted by Crippen LogP contribution is -2.55. The van der Waals surface area contributed by atoms with Crippen LogP contribution in [0.15, 0.2) is 60.8 Å². The number of nitrogens with zero attached hydrogens (tertiary/aromatic N) is 4. The molecule has 2 unspecified atom stereocenters. The summed E-state index contributed by atoms with van der Waals surface area (Å²) in [5, 5.41) is 3.46. The van der Waals surface area contributed by atoms with E-state index >= 15 is 0 Å². The third-order valence-electron chi connectivity index (χ3n) is 6.43. The zero-order valence-electron chi connectivity index (χ0n) is 20.2. The minimum atomic E-state index is 0.0543. The van der Waals surface area contributed by atoms with Crippen molar-refractivity contribution in [3.63, 3.8) is 0 Å². The zero-order valence-corrected chi connectivity index (χ0v) is 20.2. The van der Waals surface area contributed by atoms with E-state index in [2.05, 4.69) is 29.1 Å². The molecule has 1 amide bonds. The first kappa shape index (κ1) is 22.9. The molecule has 5 rings (SSSR count). The molecule has 2 atom stereocenters. The first-order valence-electron chi connectivity index (χ1n) is 11.8. The van der Waals surface area contributed by atoms with Crippen LogP contribution in [-0.2, 0) is 13.7 Å². The molecule has 2 aromatic heterocycles. The number of hydrogen-bond donors (Lipinski definition) is 2. The molecular formula is C27H30N6O2. The van der Waals surface area contributed by atoms with Crippen molar-refractivity contribution in [1.29, 1.82) is 0 Å².